The summed E-state index contributed by atoms with van der Waals surface area (Å²) >= 11 is 0. The van der Waals surface area contributed by atoms with Crippen LogP contribution in [0.3, 0.4) is 0 Å². The first-order valence-corrected chi connectivity index (χ1v) is 4.67. The molecule has 1 rings (SSSR count). The van der Waals surface area contributed by atoms with Crippen LogP contribution in [0.5, 0.6) is 0 Å². The average Bonchev–Trinajstić information content (AvgIpc) is 2.65. The molecule has 0 aliphatic carbocycles. The van der Waals surface area contributed by atoms with Gasteiger partial charge < -0.3 is 14.8 Å². The van der Waals surface area contributed by atoms with Gasteiger partial charge in [0.15, 0.2) is 0 Å². The summed E-state index contributed by atoms with van der Waals surface area (Å²) in [6, 6.07) is 2.59. The van der Waals surface area contributed by atoms with Gasteiger partial charge in [0, 0.05) is 12.8 Å². The van der Waals surface area contributed by atoms with E-state index in [1.165, 1.54) is 0 Å². The maximum absolute atomic E-state index is 10.7. The minimum atomic E-state index is -1.07. The zero-order valence-electron chi connectivity index (χ0n) is 8.40. The Kier molecular flexibility index (Phi) is 3.91. The predicted molar refractivity (Wildman–Crippen MR) is 52.4 cm³/mol. The lowest BCUT2D eigenvalue weighted by molar-refractivity contribution is -0.140. The summed E-state index contributed by atoms with van der Waals surface area (Å²) in [5.41, 5.74) is 0. The first kappa shape index (κ1) is 11.3. The summed E-state index contributed by atoms with van der Waals surface area (Å²) in [5.74, 6) is 0.297. The van der Waals surface area contributed by atoms with Crippen LogP contribution in [-0.2, 0) is 22.4 Å². The summed E-state index contributed by atoms with van der Waals surface area (Å²) in [7, 11) is 0. The number of carbonyl (C=O) groups is 2. The number of nitrogens with one attached hydrogen (secondary N) is 1. The van der Waals surface area contributed by atoms with Crippen LogP contribution >= 0.6 is 0 Å². The van der Waals surface area contributed by atoms with Gasteiger partial charge in [0.2, 0.25) is 6.41 Å². The third-order valence-corrected chi connectivity index (χ3v) is 2.04. The summed E-state index contributed by atoms with van der Waals surface area (Å²) in [5, 5.41) is 11.0. The molecule has 0 aliphatic rings. The van der Waals surface area contributed by atoms with Gasteiger partial charge in [0.1, 0.15) is 17.6 Å². The molecule has 1 aromatic rings. The molecule has 0 bridgehead atoms. The molecule has 1 amide bonds. The van der Waals surface area contributed by atoms with Crippen LogP contribution in [0, 0.1) is 0 Å². The normalized spacial score (nSPS) is 12.1. The van der Waals surface area contributed by atoms with Crippen LogP contribution in [0.25, 0.3) is 0 Å². The molecule has 1 unspecified atom stereocenters. The molecule has 0 fully saturated rings. The van der Waals surface area contributed by atoms with E-state index in [0.29, 0.717) is 12.2 Å². The highest BCUT2D eigenvalue weighted by Gasteiger charge is 2.18. The maximum atomic E-state index is 10.7. The van der Waals surface area contributed by atoms with Crippen LogP contribution in [0.1, 0.15) is 18.4 Å². The lowest BCUT2D eigenvalue weighted by atomic mass is 10.2. The Morgan fingerprint density at radius 1 is 1.60 bits per heavy atom. The fraction of sp³-hybridized carbons (Fsp3) is 0.400. The number of hydrogen-bond donors (Lipinski definition) is 2. The van der Waals surface area contributed by atoms with Gasteiger partial charge in [-0.25, -0.2) is 4.79 Å². The zero-order chi connectivity index (χ0) is 11.3. The summed E-state index contributed by atoms with van der Waals surface area (Å²) in [6.45, 7) is 1.95. The van der Waals surface area contributed by atoms with Crippen molar-refractivity contribution in [1.82, 2.24) is 5.32 Å². The smallest absolute Gasteiger partial charge is 0.326 e. The Bertz CT molecular complexity index is 345. The minimum absolute atomic E-state index is 0.161. The molecule has 1 heterocycles. The first-order chi connectivity index (χ1) is 7.17. The Morgan fingerprint density at radius 2 is 2.27 bits per heavy atom. The zero-order valence-corrected chi connectivity index (χ0v) is 8.40. The molecule has 0 saturated carbocycles. The minimum Gasteiger partial charge on any atom is -0.480 e. The molecular weight excluding hydrogens is 198 g/mol. The number of aryl methyl sites for hydroxylation is 1. The Labute approximate surface area is 87.1 Å². The lowest BCUT2D eigenvalue weighted by Crippen LogP contribution is -2.37. The fourth-order valence-electron chi connectivity index (χ4n) is 1.22. The maximum Gasteiger partial charge on any atom is 0.326 e. The van der Waals surface area contributed by atoms with Crippen LogP contribution in [-0.4, -0.2) is 23.5 Å². The average molecular weight is 211 g/mol. The van der Waals surface area contributed by atoms with E-state index >= 15 is 0 Å². The fourth-order valence-corrected chi connectivity index (χ4v) is 1.22. The van der Waals surface area contributed by atoms with E-state index in [1.807, 2.05) is 6.92 Å². The van der Waals surface area contributed by atoms with Gasteiger partial charge in [0.05, 0.1) is 0 Å². The molecule has 1 aromatic heterocycles. The molecule has 0 saturated heterocycles. The van der Waals surface area contributed by atoms with Crippen molar-refractivity contribution in [3.05, 3.63) is 23.7 Å². The molecule has 2 N–H and O–H groups in total. The number of aliphatic carboxylic acids is 1. The predicted octanol–water partition coefficient (Wildman–Crippen LogP) is 0.584. The molecule has 1 atom stereocenters. The van der Waals surface area contributed by atoms with E-state index in [1.54, 1.807) is 12.1 Å². The van der Waals surface area contributed by atoms with Crippen molar-refractivity contribution in [2.45, 2.75) is 25.8 Å². The third-order valence-electron chi connectivity index (χ3n) is 2.04. The molecule has 5 heteroatoms. The second-order valence-electron chi connectivity index (χ2n) is 3.10. The molecular formula is C10H13NO4. The molecule has 0 spiro atoms. The number of carboxylic acid groups (broad SMARTS) is 1. The monoisotopic (exact) mass is 211 g/mol. The number of amides is 1. The molecule has 0 aliphatic heterocycles. The molecule has 0 aromatic carbocycles. The highest BCUT2D eigenvalue weighted by atomic mass is 16.4. The van der Waals surface area contributed by atoms with E-state index in [-0.39, 0.29) is 6.42 Å². The van der Waals surface area contributed by atoms with E-state index in [9.17, 15) is 9.59 Å². The van der Waals surface area contributed by atoms with Crippen molar-refractivity contribution >= 4 is 12.4 Å². The number of hydrogen-bond acceptors (Lipinski definition) is 3. The van der Waals surface area contributed by atoms with Crippen LogP contribution in [0.2, 0.25) is 0 Å². The largest absolute Gasteiger partial charge is 0.480 e. The van der Waals surface area contributed by atoms with Crippen LogP contribution in [0.15, 0.2) is 16.5 Å². The molecule has 5 nitrogen and oxygen atoms in total. The summed E-state index contributed by atoms with van der Waals surface area (Å²) in [6.07, 6.45) is 1.30. The highest BCUT2D eigenvalue weighted by Crippen LogP contribution is 2.10. The molecule has 82 valence electrons. The number of carboxylic acids is 1. The van der Waals surface area contributed by atoms with Crippen molar-refractivity contribution in [1.29, 1.82) is 0 Å². The highest BCUT2D eigenvalue weighted by molar-refractivity contribution is 5.76. The van der Waals surface area contributed by atoms with Gasteiger partial charge >= 0.3 is 5.97 Å². The SMILES string of the molecule is CCc1ccc(CC(NC=O)C(=O)O)o1. The lowest BCUT2D eigenvalue weighted by Gasteiger charge is -2.08. The van der Waals surface area contributed by atoms with E-state index in [2.05, 4.69) is 5.32 Å². The second-order valence-corrected chi connectivity index (χ2v) is 3.10. The van der Waals surface area contributed by atoms with Gasteiger partial charge in [0.25, 0.3) is 0 Å². The Hall–Kier alpha value is -1.78. The van der Waals surface area contributed by atoms with Crippen molar-refractivity contribution in [3.63, 3.8) is 0 Å². The van der Waals surface area contributed by atoms with Crippen molar-refractivity contribution in [2.24, 2.45) is 0 Å². The second kappa shape index (κ2) is 5.19. The third kappa shape index (κ3) is 3.12. The van der Waals surface area contributed by atoms with Gasteiger partial charge in [-0.2, -0.15) is 0 Å². The number of rotatable bonds is 6. The molecule has 15 heavy (non-hydrogen) atoms. The number of furan rings is 1. The van der Waals surface area contributed by atoms with E-state index in [4.69, 9.17) is 9.52 Å². The first-order valence-electron chi connectivity index (χ1n) is 4.67. The number of carbonyl (C=O) groups excluding carboxylic acids is 1. The Morgan fingerprint density at radius 3 is 2.73 bits per heavy atom. The standard InChI is InChI=1S/C10H13NO4/c1-2-7-3-4-8(15-7)5-9(10(13)14)11-6-12/h3-4,6,9H,2,5H2,1H3,(H,11,12)(H,13,14). The van der Waals surface area contributed by atoms with Crippen molar-refractivity contribution in [3.8, 4) is 0 Å². The summed E-state index contributed by atoms with van der Waals surface area (Å²) in [4.78, 5) is 20.9. The van der Waals surface area contributed by atoms with Gasteiger partial charge in [-0.1, -0.05) is 6.92 Å². The van der Waals surface area contributed by atoms with Crippen molar-refractivity contribution in [2.75, 3.05) is 0 Å². The Balaban J connectivity index is 2.64. The summed E-state index contributed by atoms with van der Waals surface area (Å²) < 4.78 is 5.34. The molecule has 0 radical (unpaired) electrons. The van der Waals surface area contributed by atoms with Crippen LogP contribution < -0.4 is 5.32 Å². The van der Waals surface area contributed by atoms with Gasteiger partial charge in [-0.3, -0.25) is 4.79 Å². The topological polar surface area (TPSA) is 79.5 Å². The van der Waals surface area contributed by atoms with E-state index in [0.717, 1.165) is 12.2 Å². The van der Waals surface area contributed by atoms with Gasteiger partial charge in [-0.05, 0) is 12.1 Å². The quantitative estimate of drug-likeness (QED) is 0.675. The van der Waals surface area contributed by atoms with Crippen molar-refractivity contribution < 1.29 is 19.1 Å². The van der Waals surface area contributed by atoms with Crippen LogP contribution in [0.4, 0.5) is 0 Å². The van der Waals surface area contributed by atoms with E-state index < -0.39 is 12.0 Å². The van der Waals surface area contributed by atoms with Gasteiger partial charge in [-0.15, -0.1) is 0 Å².